The molecule has 1 saturated heterocycles. The summed E-state index contributed by atoms with van der Waals surface area (Å²) in [5, 5.41) is 7.77. The lowest BCUT2D eigenvalue weighted by molar-refractivity contribution is 0.0529. The molecule has 7 nitrogen and oxygen atoms in total. The van der Waals surface area contributed by atoms with E-state index in [0.29, 0.717) is 6.54 Å². The molecule has 1 aliphatic rings. The summed E-state index contributed by atoms with van der Waals surface area (Å²) in [7, 11) is 1.78. The Morgan fingerprint density at radius 2 is 2.15 bits per heavy atom. The van der Waals surface area contributed by atoms with Gasteiger partial charge < -0.3 is 20.3 Å². The van der Waals surface area contributed by atoms with Gasteiger partial charge in [-0.2, -0.15) is 0 Å². The number of morpholine rings is 1. The third-order valence-electron chi connectivity index (χ3n) is 4.47. The summed E-state index contributed by atoms with van der Waals surface area (Å²) in [5.41, 5.74) is 2.20. The highest BCUT2D eigenvalue weighted by Gasteiger charge is 2.17. The molecule has 0 radical (unpaired) electrons. The van der Waals surface area contributed by atoms with E-state index < -0.39 is 0 Å². The van der Waals surface area contributed by atoms with Crippen LogP contribution in [0.2, 0.25) is 0 Å². The third kappa shape index (κ3) is 5.40. The van der Waals surface area contributed by atoms with Crippen LogP contribution in [0.15, 0.2) is 23.3 Å². The Labute approximate surface area is 164 Å². The second-order valence-corrected chi connectivity index (χ2v) is 7.96. The molecule has 2 N–H and O–H groups in total. The van der Waals surface area contributed by atoms with Gasteiger partial charge in [0.1, 0.15) is 5.82 Å². The molecular weight excluding hydrogens is 360 g/mol. The maximum Gasteiger partial charge on any atom is 0.191 e. The van der Waals surface area contributed by atoms with Crippen molar-refractivity contribution < 1.29 is 4.74 Å². The van der Waals surface area contributed by atoms with E-state index >= 15 is 0 Å². The normalized spacial score (nSPS) is 17.9. The Bertz CT molecular complexity index is 773. The zero-order chi connectivity index (χ0) is 19.2. The molecule has 1 atom stereocenters. The number of hydrogen-bond donors (Lipinski definition) is 2. The lowest BCUT2D eigenvalue weighted by Gasteiger charge is -2.32. The van der Waals surface area contributed by atoms with Gasteiger partial charge in [-0.1, -0.05) is 6.07 Å². The van der Waals surface area contributed by atoms with Crippen molar-refractivity contribution in [2.24, 2.45) is 4.99 Å². The maximum absolute atomic E-state index is 5.59. The number of aryl methyl sites for hydroxylation is 2. The highest BCUT2D eigenvalue weighted by Crippen LogP contribution is 2.17. The standard InChI is InChI=1S/C19H28N6OS/c1-13-12-25(7-8-26-13)18-6-5-16(9-21-18)10-22-19(20-4)23-11-17-14(2)24-15(3)27-17/h5-6,9,13H,7-8,10-12H2,1-4H3,(H2,20,22,23). The molecule has 0 aliphatic carbocycles. The van der Waals surface area contributed by atoms with Crippen molar-refractivity contribution in [2.45, 2.75) is 40.0 Å². The zero-order valence-corrected chi connectivity index (χ0v) is 17.3. The van der Waals surface area contributed by atoms with E-state index in [1.807, 2.05) is 20.0 Å². The summed E-state index contributed by atoms with van der Waals surface area (Å²) in [6.07, 6.45) is 2.18. The molecular formula is C19H28N6OS. The van der Waals surface area contributed by atoms with Crippen molar-refractivity contribution >= 4 is 23.1 Å². The van der Waals surface area contributed by atoms with E-state index in [4.69, 9.17) is 4.74 Å². The van der Waals surface area contributed by atoms with Gasteiger partial charge in [-0.05, 0) is 32.4 Å². The molecule has 3 heterocycles. The number of rotatable bonds is 5. The predicted molar refractivity (Wildman–Crippen MR) is 110 cm³/mol. The molecule has 1 unspecified atom stereocenters. The van der Waals surface area contributed by atoms with Crippen LogP contribution < -0.4 is 15.5 Å². The van der Waals surface area contributed by atoms with E-state index in [0.717, 1.165) is 54.3 Å². The SMILES string of the molecule is CN=C(NCc1ccc(N2CCOC(C)C2)nc1)NCc1sc(C)nc1C. The predicted octanol–water partition coefficient (Wildman–Crippen LogP) is 2.25. The van der Waals surface area contributed by atoms with Crippen LogP contribution in [-0.2, 0) is 17.8 Å². The first-order valence-electron chi connectivity index (χ1n) is 9.24. The van der Waals surface area contributed by atoms with Crippen LogP contribution in [0.5, 0.6) is 0 Å². The number of thiazole rings is 1. The van der Waals surface area contributed by atoms with Crippen molar-refractivity contribution in [3.05, 3.63) is 39.5 Å². The average molecular weight is 389 g/mol. The van der Waals surface area contributed by atoms with Gasteiger partial charge in [0.05, 0.1) is 30.0 Å². The summed E-state index contributed by atoms with van der Waals surface area (Å²) in [6, 6.07) is 4.19. The van der Waals surface area contributed by atoms with Crippen molar-refractivity contribution in [1.82, 2.24) is 20.6 Å². The van der Waals surface area contributed by atoms with Gasteiger partial charge in [0, 0.05) is 37.8 Å². The molecule has 2 aromatic heterocycles. The van der Waals surface area contributed by atoms with E-state index in [-0.39, 0.29) is 6.10 Å². The first kappa shape index (κ1) is 19.6. The first-order chi connectivity index (χ1) is 13.0. The number of nitrogens with one attached hydrogen (secondary N) is 2. The molecule has 1 fully saturated rings. The molecule has 0 saturated carbocycles. The van der Waals surface area contributed by atoms with Gasteiger partial charge in [0.15, 0.2) is 5.96 Å². The summed E-state index contributed by atoms with van der Waals surface area (Å²) >= 11 is 1.72. The molecule has 0 bridgehead atoms. The largest absolute Gasteiger partial charge is 0.375 e. The summed E-state index contributed by atoms with van der Waals surface area (Å²) in [6.45, 7) is 10.1. The van der Waals surface area contributed by atoms with E-state index in [1.165, 1.54) is 4.88 Å². The van der Waals surface area contributed by atoms with Crippen molar-refractivity contribution in [1.29, 1.82) is 0 Å². The number of anilines is 1. The number of nitrogens with zero attached hydrogens (tertiary/aromatic N) is 4. The Hall–Kier alpha value is -2.19. The number of ether oxygens (including phenoxy) is 1. The minimum Gasteiger partial charge on any atom is -0.375 e. The van der Waals surface area contributed by atoms with Crippen molar-refractivity contribution in [2.75, 3.05) is 31.6 Å². The van der Waals surface area contributed by atoms with Gasteiger partial charge >= 0.3 is 0 Å². The Balaban J connectivity index is 1.50. The van der Waals surface area contributed by atoms with Gasteiger partial charge in [0.2, 0.25) is 0 Å². The maximum atomic E-state index is 5.59. The van der Waals surface area contributed by atoms with Crippen LogP contribution in [-0.4, -0.2) is 48.8 Å². The summed E-state index contributed by atoms with van der Waals surface area (Å²) in [5.74, 6) is 1.78. The number of aromatic nitrogens is 2. The molecule has 146 valence electrons. The third-order valence-corrected chi connectivity index (χ3v) is 5.55. The number of guanidine groups is 1. The van der Waals surface area contributed by atoms with E-state index in [9.17, 15) is 0 Å². The van der Waals surface area contributed by atoms with E-state index in [1.54, 1.807) is 18.4 Å². The minimum absolute atomic E-state index is 0.252. The monoisotopic (exact) mass is 388 g/mol. The van der Waals surface area contributed by atoms with E-state index in [2.05, 4.69) is 49.6 Å². The van der Waals surface area contributed by atoms with Crippen molar-refractivity contribution in [3.63, 3.8) is 0 Å². The molecule has 3 rings (SSSR count). The molecule has 0 spiro atoms. The number of hydrogen-bond acceptors (Lipinski definition) is 6. The first-order valence-corrected chi connectivity index (χ1v) is 10.1. The quantitative estimate of drug-likeness (QED) is 0.604. The fourth-order valence-corrected chi connectivity index (χ4v) is 3.92. The van der Waals surface area contributed by atoms with Crippen LogP contribution in [0.1, 0.15) is 28.1 Å². The van der Waals surface area contributed by atoms with Gasteiger partial charge in [-0.25, -0.2) is 9.97 Å². The van der Waals surface area contributed by atoms with Crippen LogP contribution in [0, 0.1) is 13.8 Å². The Morgan fingerprint density at radius 1 is 1.33 bits per heavy atom. The van der Waals surface area contributed by atoms with Crippen LogP contribution in [0.3, 0.4) is 0 Å². The lowest BCUT2D eigenvalue weighted by atomic mass is 10.2. The van der Waals surface area contributed by atoms with Gasteiger partial charge in [-0.15, -0.1) is 11.3 Å². The zero-order valence-electron chi connectivity index (χ0n) is 16.5. The molecule has 0 amide bonds. The summed E-state index contributed by atoms with van der Waals surface area (Å²) < 4.78 is 5.59. The molecule has 1 aliphatic heterocycles. The fraction of sp³-hybridized carbons (Fsp3) is 0.526. The Kier molecular flexibility index (Phi) is 6.63. The second-order valence-electron chi connectivity index (χ2n) is 6.67. The van der Waals surface area contributed by atoms with Gasteiger partial charge in [0.25, 0.3) is 0 Å². The molecule has 2 aromatic rings. The van der Waals surface area contributed by atoms with Gasteiger partial charge in [-0.3, -0.25) is 4.99 Å². The summed E-state index contributed by atoms with van der Waals surface area (Å²) in [4.78, 5) is 16.9. The second kappa shape index (κ2) is 9.14. The van der Waals surface area contributed by atoms with Crippen LogP contribution in [0.25, 0.3) is 0 Å². The number of aliphatic imine (C=N–C) groups is 1. The fourth-order valence-electron chi connectivity index (χ4n) is 3.04. The smallest absolute Gasteiger partial charge is 0.191 e. The average Bonchev–Trinajstić information content (AvgIpc) is 2.99. The highest BCUT2D eigenvalue weighted by atomic mass is 32.1. The minimum atomic E-state index is 0.252. The topological polar surface area (TPSA) is 74.7 Å². The van der Waals surface area contributed by atoms with Crippen LogP contribution >= 0.6 is 11.3 Å². The van der Waals surface area contributed by atoms with Crippen molar-refractivity contribution in [3.8, 4) is 0 Å². The van der Waals surface area contributed by atoms with Crippen LogP contribution in [0.4, 0.5) is 5.82 Å². The molecule has 0 aromatic carbocycles. The molecule has 27 heavy (non-hydrogen) atoms. The lowest BCUT2D eigenvalue weighted by Crippen LogP contribution is -2.41. The highest BCUT2D eigenvalue weighted by molar-refractivity contribution is 7.11. The number of pyridine rings is 1. The Morgan fingerprint density at radius 3 is 2.78 bits per heavy atom. The molecule has 8 heteroatoms.